The van der Waals surface area contributed by atoms with Crippen molar-refractivity contribution in [2.24, 2.45) is 5.92 Å². The highest BCUT2D eigenvalue weighted by atomic mass is 79.9. The number of carbonyl (C=O) groups excluding carboxylic acids is 3. The Morgan fingerprint density at radius 2 is 1.77 bits per heavy atom. The molecule has 0 N–H and O–H groups in total. The van der Waals surface area contributed by atoms with Crippen molar-refractivity contribution in [1.29, 1.82) is 0 Å². The van der Waals surface area contributed by atoms with Gasteiger partial charge in [-0.3, -0.25) is 14.4 Å². The summed E-state index contributed by atoms with van der Waals surface area (Å²) >= 11 is 3.35. The fourth-order valence-electron chi connectivity index (χ4n) is 2.90. The molecular formula is C20H18BrNO4. The van der Waals surface area contributed by atoms with Crippen molar-refractivity contribution in [3.05, 3.63) is 64.6 Å². The van der Waals surface area contributed by atoms with Crippen LogP contribution >= 0.6 is 15.9 Å². The zero-order valence-electron chi connectivity index (χ0n) is 14.2. The first kappa shape index (κ1) is 18.3. The molecule has 1 amide bonds. The number of hydrogen-bond acceptors (Lipinski definition) is 4. The lowest BCUT2D eigenvalue weighted by Crippen LogP contribution is -2.30. The average molecular weight is 416 g/mol. The minimum atomic E-state index is -0.887. The van der Waals surface area contributed by atoms with Crippen LogP contribution in [0.2, 0.25) is 0 Å². The summed E-state index contributed by atoms with van der Waals surface area (Å²) in [6.07, 6.45) is -0.803. The van der Waals surface area contributed by atoms with E-state index in [0.717, 1.165) is 10.2 Å². The summed E-state index contributed by atoms with van der Waals surface area (Å²) in [4.78, 5) is 38.6. The third-order valence-corrected chi connectivity index (χ3v) is 4.85. The Kier molecular flexibility index (Phi) is 5.52. The number of nitrogens with zero attached hydrogens (tertiary/aromatic N) is 1. The van der Waals surface area contributed by atoms with Crippen molar-refractivity contribution in [3.8, 4) is 0 Å². The van der Waals surface area contributed by atoms with Crippen LogP contribution in [0.5, 0.6) is 0 Å². The Hall–Kier alpha value is -2.47. The second kappa shape index (κ2) is 7.83. The standard InChI is InChI=1S/C20H18BrNO4/c1-13(19(24)14-5-3-2-4-6-14)26-20(25)15-11-18(23)22(12-15)17-9-7-16(21)8-10-17/h2-10,13,15H,11-12H2,1H3/t13-,15+/m0/s1. The number of Topliss-reactive ketones (excluding diaryl/α,β-unsaturated/α-hetero) is 1. The van der Waals surface area contributed by atoms with Gasteiger partial charge in [-0.1, -0.05) is 46.3 Å². The molecule has 2 aromatic carbocycles. The molecule has 6 heteroatoms. The molecule has 0 bridgehead atoms. The first-order valence-electron chi connectivity index (χ1n) is 8.31. The fourth-order valence-corrected chi connectivity index (χ4v) is 3.16. The van der Waals surface area contributed by atoms with E-state index in [1.54, 1.807) is 36.1 Å². The minimum Gasteiger partial charge on any atom is -0.454 e. The van der Waals surface area contributed by atoms with E-state index in [9.17, 15) is 14.4 Å². The van der Waals surface area contributed by atoms with Gasteiger partial charge in [0.15, 0.2) is 6.10 Å². The molecule has 3 rings (SSSR count). The van der Waals surface area contributed by atoms with Gasteiger partial charge in [0.2, 0.25) is 11.7 Å². The summed E-state index contributed by atoms with van der Waals surface area (Å²) in [6, 6.07) is 16.0. The molecule has 26 heavy (non-hydrogen) atoms. The van der Waals surface area contributed by atoms with Crippen molar-refractivity contribution in [3.63, 3.8) is 0 Å². The normalized spacial score (nSPS) is 17.8. The molecule has 134 valence electrons. The molecule has 1 fully saturated rings. The topological polar surface area (TPSA) is 63.7 Å². The van der Waals surface area contributed by atoms with Gasteiger partial charge in [-0.15, -0.1) is 0 Å². The number of benzene rings is 2. The van der Waals surface area contributed by atoms with E-state index < -0.39 is 18.0 Å². The predicted octanol–water partition coefficient (Wildman–Crippen LogP) is 3.62. The summed E-state index contributed by atoms with van der Waals surface area (Å²) in [7, 11) is 0. The number of carbonyl (C=O) groups is 3. The maximum atomic E-state index is 12.4. The molecule has 1 aliphatic heterocycles. The monoisotopic (exact) mass is 415 g/mol. The van der Waals surface area contributed by atoms with Crippen molar-refractivity contribution >= 4 is 39.3 Å². The summed E-state index contributed by atoms with van der Waals surface area (Å²) in [5.74, 6) is -1.48. The van der Waals surface area contributed by atoms with Gasteiger partial charge in [0, 0.05) is 28.7 Å². The Bertz CT molecular complexity index is 819. The third-order valence-electron chi connectivity index (χ3n) is 4.32. The van der Waals surface area contributed by atoms with Gasteiger partial charge in [-0.05, 0) is 31.2 Å². The van der Waals surface area contributed by atoms with E-state index >= 15 is 0 Å². The average Bonchev–Trinajstić information content (AvgIpc) is 3.04. The van der Waals surface area contributed by atoms with Crippen LogP contribution in [-0.4, -0.2) is 30.3 Å². The van der Waals surface area contributed by atoms with Gasteiger partial charge < -0.3 is 9.64 Å². The van der Waals surface area contributed by atoms with Gasteiger partial charge in [-0.25, -0.2) is 0 Å². The second-order valence-corrected chi connectivity index (χ2v) is 7.11. The van der Waals surface area contributed by atoms with Crippen LogP contribution in [0.25, 0.3) is 0 Å². The highest BCUT2D eigenvalue weighted by Crippen LogP contribution is 2.27. The molecule has 0 aromatic heterocycles. The zero-order valence-corrected chi connectivity index (χ0v) is 15.8. The van der Waals surface area contributed by atoms with Gasteiger partial charge in [0.05, 0.1) is 5.92 Å². The lowest BCUT2D eigenvalue weighted by molar-refractivity contribution is -0.151. The highest BCUT2D eigenvalue weighted by Gasteiger charge is 2.37. The fraction of sp³-hybridized carbons (Fsp3) is 0.250. The van der Waals surface area contributed by atoms with Crippen molar-refractivity contribution in [2.45, 2.75) is 19.4 Å². The highest BCUT2D eigenvalue weighted by molar-refractivity contribution is 9.10. The summed E-state index contributed by atoms with van der Waals surface area (Å²) in [5.41, 5.74) is 1.23. The molecule has 0 unspecified atom stereocenters. The van der Waals surface area contributed by atoms with Crippen LogP contribution in [0.4, 0.5) is 5.69 Å². The molecule has 2 atom stereocenters. The molecule has 0 spiro atoms. The summed E-state index contributed by atoms with van der Waals surface area (Å²) < 4.78 is 6.24. The van der Waals surface area contributed by atoms with E-state index in [0.29, 0.717) is 5.56 Å². The Labute approximate surface area is 160 Å². The largest absolute Gasteiger partial charge is 0.454 e. The summed E-state index contributed by atoms with van der Waals surface area (Å²) in [6.45, 7) is 1.81. The van der Waals surface area contributed by atoms with E-state index in [-0.39, 0.29) is 24.7 Å². The Morgan fingerprint density at radius 1 is 1.12 bits per heavy atom. The summed E-state index contributed by atoms with van der Waals surface area (Å²) in [5, 5.41) is 0. The SMILES string of the molecule is C[C@H](OC(=O)[C@@H]1CC(=O)N(c2ccc(Br)cc2)C1)C(=O)c1ccccc1. The van der Waals surface area contributed by atoms with E-state index in [1.807, 2.05) is 30.3 Å². The van der Waals surface area contributed by atoms with Crippen LogP contribution < -0.4 is 4.90 Å². The molecular weight excluding hydrogens is 398 g/mol. The molecule has 1 aliphatic rings. The third kappa shape index (κ3) is 4.02. The number of rotatable bonds is 5. The first-order valence-corrected chi connectivity index (χ1v) is 9.10. The van der Waals surface area contributed by atoms with Crippen LogP contribution in [0.1, 0.15) is 23.7 Å². The van der Waals surface area contributed by atoms with Crippen LogP contribution in [0, 0.1) is 5.92 Å². The number of ether oxygens (including phenoxy) is 1. The van der Waals surface area contributed by atoms with Crippen molar-refractivity contribution < 1.29 is 19.1 Å². The predicted molar refractivity (Wildman–Crippen MR) is 101 cm³/mol. The van der Waals surface area contributed by atoms with Gasteiger partial charge in [0.1, 0.15) is 0 Å². The maximum Gasteiger partial charge on any atom is 0.312 e. The Balaban J connectivity index is 1.63. The molecule has 5 nitrogen and oxygen atoms in total. The number of anilines is 1. The number of hydrogen-bond donors (Lipinski definition) is 0. The molecule has 0 radical (unpaired) electrons. The number of ketones is 1. The van der Waals surface area contributed by atoms with Gasteiger partial charge in [0.25, 0.3) is 0 Å². The molecule has 1 heterocycles. The smallest absolute Gasteiger partial charge is 0.312 e. The maximum absolute atomic E-state index is 12.4. The molecule has 2 aromatic rings. The molecule has 1 saturated heterocycles. The van der Waals surface area contributed by atoms with Gasteiger partial charge >= 0.3 is 5.97 Å². The Morgan fingerprint density at radius 3 is 2.42 bits per heavy atom. The van der Waals surface area contributed by atoms with Crippen molar-refractivity contribution in [2.75, 3.05) is 11.4 Å². The van der Waals surface area contributed by atoms with Crippen LogP contribution in [0.3, 0.4) is 0 Å². The zero-order chi connectivity index (χ0) is 18.7. The minimum absolute atomic E-state index is 0.0845. The quantitative estimate of drug-likeness (QED) is 0.552. The lowest BCUT2D eigenvalue weighted by Gasteiger charge is -2.18. The van der Waals surface area contributed by atoms with Gasteiger partial charge in [-0.2, -0.15) is 0 Å². The van der Waals surface area contributed by atoms with E-state index in [4.69, 9.17) is 4.74 Å². The second-order valence-electron chi connectivity index (χ2n) is 6.19. The van der Waals surface area contributed by atoms with E-state index in [2.05, 4.69) is 15.9 Å². The number of halogens is 1. The molecule has 0 saturated carbocycles. The van der Waals surface area contributed by atoms with Crippen molar-refractivity contribution in [1.82, 2.24) is 0 Å². The van der Waals surface area contributed by atoms with Crippen LogP contribution in [0.15, 0.2) is 59.1 Å². The first-order chi connectivity index (χ1) is 12.5. The lowest BCUT2D eigenvalue weighted by atomic mass is 10.1. The number of esters is 1. The number of amides is 1. The van der Waals surface area contributed by atoms with E-state index in [1.165, 1.54) is 0 Å². The molecule has 0 aliphatic carbocycles. The van der Waals surface area contributed by atoms with Crippen LogP contribution in [-0.2, 0) is 14.3 Å².